The minimum atomic E-state index is -4.89. The van der Waals surface area contributed by atoms with E-state index < -0.39 is 26.4 Å². The van der Waals surface area contributed by atoms with E-state index in [1.165, 1.54) is 32.4 Å². The molecular formula is C22H17NO12S2. The van der Waals surface area contributed by atoms with Crippen molar-refractivity contribution in [3.8, 4) is 23.0 Å². The summed E-state index contributed by atoms with van der Waals surface area (Å²) in [7, 11) is -5.46. The van der Waals surface area contributed by atoms with Gasteiger partial charge in [0, 0.05) is 29.3 Å². The molecular weight excluding hydrogens is 534 g/mol. The molecule has 0 bridgehead atoms. The first-order chi connectivity index (χ1) is 17.3. The molecule has 0 fully saturated rings. The Balaban J connectivity index is 1.90. The highest BCUT2D eigenvalue weighted by atomic mass is 32.3. The van der Waals surface area contributed by atoms with Crippen molar-refractivity contribution in [1.82, 2.24) is 4.57 Å². The molecule has 0 amide bonds. The number of aromatic nitrogens is 1. The fourth-order valence-electron chi connectivity index (χ4n) is 4.45. The van der Waals surface area contributed by atoms with Crippen LogP contribution in [-0.2, 0) is 27.8 Å². The van der Waals surface area contributed by atoms with E-state index in [0.29, 0.717) is 32.6 Å². The molecule has 0 saturated carbocycles. The van der Waals surface area contributed by atoms with Crippen LogP contribution in [0.5, 0.6) is 23.0 Å². The van der Waals surface area contributed by atoms with Crippen LogP contribution in [0, 0.1) is 0 Å². The van der Waals surface area contributed by atoms with Gasteiger partial charge in [-0.05, 0) is 23.6 Å². The summed E-state index contributed by atoms with van der Waals surface area (Å²) in [4.78, 5) is 13.1. The number of aryl methyl sites for hydroxylation is 1. The van der Waals surface area contributed by atoms with Crippen LogP contribution >= 0.6 is 0 Å². The highest BCUT2D eigenvalue weighted by molar-refractivity contribution is 7.81. The van der Waals surface area contributed by atoms with Crippen LogP contribution in [0.1, 0.15) is 0 Å². The van der Waals surface area contributed by atoms with E-state index in [0.717, 1.165) is 6.07 Å². The Morgan fingerprint density at radius 1 is 0.757 bits per heavy atom. The van der Waals surface area contributed by atoms with Crippen LogP contribution in [0.4, 0.5) is 0 Å². The average Bonchev–Trinajstić information content (AvgIpc) is 3.10. The first kappa shape index (κ1) is 24.6. The summed E-state index contributed by atoms with van der Waals surface area (Å²) in [5, 5.41) is 2.16. The first-order valence-corrected chi connectivity index (χ1v) is 13.0. The molecule has 0 aliphatic heterocycles. The molecule has 13 nitrogen and oxygen atoms in total. The molecule has 2 heterocycles. The maximum Gasteiger partial charge on any atom is 0.446 e. The Bertz CT molecular complexity index is 2040. The van der Waals surface area contributed by atoms with Crippen molar-refractivity contribution in [3.63, 3.8) is 0 Å². The number of hydrogen-bond acceptors (Lipinski definition) is 10. The van der Waals surface area contributed by atoms with Crippen LogP contribution in [0.15, 0.2) is 45.6 Å². The summed E-state index contributed by atoms with van der Waals surface area (Å²) in [6, 6.07) is 8.64. The minimum Gasteiger partial charge on any atom is -0.493 e. The molecule has 3 aromatic carbocycles. The zero-order valence-corrected chi connectivity index (χ0v) is 20.8. The zero-order chi connectivity index (χ0) is 26.9. The van der Waals surface area contributed by atoms with Crippen molar-refractivity contribution in [2.45, 2.75) is 0 Å². The highest BCUT2D eigenvalue weighted by Gasteiger charge is 2.23. The van der Waals surface area contributed by atoms with Crippen LogP contribution < -0.4 is 23.5 Å². The number of nitrogens with zero attached hydrogens (tertiary/aromatic N) is 1. The van der Waals surface area contributed by atoms with Crippen molar-refractivity contribution >= 4 is 64.3 Å². The van der Waals surface area contributed by atoms with Gasteiger partial charge in [-0.1, -0.05) is 12.1 Å². The van der Waals surface area contributed by atoms with Gasteiger partial charge in [0.1, 0.15) is 5.58 Å². The van der Waals surface area contributed by atoms with E-state index >= 15 is 0 Å². The second kappa shape index (κ2) is 8.24. The standard InChI is InChI=1S/C22H17NO12S2/c1-23-20-11(5-4-10-6-17(34-36(25,26)27)15(31-2)7-12(10)20)19-21(23)13-8-16(32-3)18(35-37(28,29)30)9-14(13)33-22(19)24/h4-9H,1-3H3,(H,25,26,27)(H,28,29,30). The van der Waals surface area contributed by atoms with Crippen LogP contribution in [-0.4, -0.2) is 44.7 Å². The maximum absolute atomic E-state index is 13.1. The van der Waals surface area contributed by atoms with E-state index in [9.17, 15) is 21.6 Å². The topological polar surface area (TPSA) is 181 Å². The Labute approximate surface area is 208 Å². The summed E-state index contributed by atoms with van der Waals surface area (Å²) in [5.74, 6) is -0.672. The Morgan fingerprint density at radius 3 is 1.89 bits per heavy atom. The van der Waals surface area contributed by atoms with Gasteiger partial charge in [-0.3, -0.25) is 9.11 Å². The van der Waals surface area contributed by atoms with Crippen molar-refractivity contribution in [2.75, 3.05) is 14.2 Å². The lowest BCUT2D eigenvalue weighted by Gasteiger charge is -2.11. The molecule has 15 heteroatoms. The van der Waals surface area contributed by atoms with E-state index in [4.69, 9.17) is 23.0 Å². The van der Waals surface area contributed by atoms with Gasteiger partial charge in [-0.2, -0.15) is 16.8 Å². The average molecular weight is 552 g/mol. The van der Waals surface area contributed by atoms with E-state index in [1.807, 2.05) is 0 Å². The van der Waals surface area contributed by atoms with Crippen LogP contribution in [0.3, 0.4) is 0 Å². The van der Waals surface area contributed by atoms with Gasteiger partial charge >= 0.3 is 26.4 Å². The smallest absolute Gasteiger partial charge is 0.446 e. The molecule has 2 aromatic heterocycles. The van der Waals surface area contributed by atoms with E-state index in [2.05, 4.69) is 8.37 Å². The number of hydrogen-bond donors (Lipinski definition) is 2. The van der Waals surface area contributed by atoms with Gasteiger partial charge in [0.15, 0.2) is 23.0 Å². The summed E-state index contributed by atoms with van der Waals surface area (Å²) in [5.41, 5.74) is 0.214. The Kier molecular flexibility index (Phi) is 5.49. The zero-order valence-electron chi connectivity index (χ0n) is 19.2. The minimum absolute atomic E-state index is 0.00782. The van der Waals surface area contributed by atoms with Gasteiger partial charge in [0.2, 0.25) is 0 Å². The largest absolute Gasteiger partial charge is 0.493 e. The number of rotatable bonds is 6. The monoisotopic (exact) mass is 551 g/mol. The fourth-order valence-corrected chi connectivity index (χ4v) is 5.16. The van der Waals surface area contributed by atoms with Gasteiger partial charge < -0.3 is 26.8 Å². The van der Waals surface area contributed by atoms with Crippen LogP contribution in [0.2, 0.25) is 0 Å². The predicted octanol–water partition coefficient (Wildman–Crippen LogP) is 2.97. The number of methoxy groups -OCH3 is 2. The van der Waals surface area contributed by atoms with Crippen molar-refractivity contribution in [2.24, 2.45) is 7.05 Å². The second-order valence-electron chi connectivity index (χ2n) is 7.88. The third-order valence-corrected chi connectivity index (χ3v) is 6.55. The lowest BCUT2D eigenvalue weighted by Crippen LogP contribution is -2.08. The van der Waals surface area contributed by atoms with E-state index in [1.54, 1.807) is 23.7 Å². The molecule has 0 aliphatic carbocycles. The van der Waals surface area contributed by atoms with Gasteiger partial charge in [-0.15, -0.1) is 0 Å². The Morgan fingerprint density at radius 2 is 1.32 bits per heavy atom. The molecule has 194 valence electrons. The van der Waals surface area contributed by atoms with Gasteiger partial charge in [0.25, 0.3) is 0 Å². The summed E-state index contributed by atoms with van der Waals surface area (Å²) in [6.45, 7) is 0. The Hall–Kier alpha value is -4.05. The lowest BCUT2D eigenvalue weighted by molar-refractivity contribution is 0.359. The third-order valence-electron chi connectivity index (χ3n) is 5.77. The number of benzene rings is 3. The van der Waals surface area contributed by atoms with Crippen molar-refractivity contribution in [3.05, 3.63) is 46.8 Å². The molecule has 5 rings (SSSR count). The summed E-state index contributed by atoms with van der Waals surface area (Å²) < 4.78 is 90.0. The molecule has 0 aliphatic rings. The molecule has 2 N–H and O–H groups in total. The SMILES string of the molecule is COc1cc2c(ccc3c4c(=O)oc5cc(OS(=O)(=O)O)c(OC)cc5c4n(C)c23)cc1OS(=O)(=O)O. The normalized spacial score (nSPS) is 12.5. The number of fused-ring (bicyclic) bond motifs is 7. The summed E-state index contributed by atoms with van der Waals surface area (Å²) >= 11 is 0. The van der Waals surface area contributed by atoms with Gasteiger partial charge in [0.05, 0.1) is 30.6 Å². The molecule has 0 saturated heterocycles. The van der Waals surface area contributed by atoms with Crippen LogP contribution in [0.25, 0.3) is 43.5 Å². The highest BCUT2D eigenvalue weighted by Crippen LogP contribution is 2.41. The maximum atomic E-state index is 13.1. The molecule has 0 spiro atoms. The molecule has 37 heavy (non-hydrogen) atoms. The molecule has 0 unspecified atom stereocenters. The van der Waals surface area contributed by atoms with Crippen molar-refractivity contribution in [1.29, 1.82) is 0 Å². The quantitative estimate of drug-likeness (QED) is 0.233. The predicted molar refractivity (Wildman–Crippen MR) is 131 cm³/mol. The third kappa shape index (κ3) is 4.17. The molecule has 0 atom stereocenters. The van der Waals surface area contributed by atoms with Crippen molar-refractivity contribution < 1.29 is 48.2 Å². The summed E-state index contributed by atoms with van der Waals surface area (Å²) in [6.07, 6.45) is 0. The molecule has 0 radical (unpaired) electrons. The first-order valence-electron chi connectivity index (χ1n) is 10.2. The van der Waals surface area contributed by atoms with Gasteiger partial charge in [-0.25, -0.2) is 4.79 Å². The number of ether oxygens (including phenoxy) is 2. The second-order valence-corrected chi connectivity index (χ2v) is 9.92. The fraction of sp³-hybridized carbons (Fsp3) is 0.136. The molecule has 5 aromatic rings. The lowest BCUT2D eigenvalue weighted by atomic mass is 10.0. The van der Waals surface area contributed by atoms with E-state index in [-0.39, 0.29) is 34.0 Å².